The first kappa shape index (κ1) is 11.0. The number of benzene rings is 1. The van der Waals surface area contributed by atoms with Crippen molar-refractivity contribution in [3.63, 3.8) is 0 Å². The fraction of sp³-hybridized carbons (Fsp3) is 0.500. The summed E-state index contributed by atoms with van der Waals surface area (Å²) in [6.45, 7) is 0. The molecule has 1 saturated heterocycles. The van der Waals surface area contributed by atoms with Crippen LogP contribution in [0.15, 0.2) is 24.3 Å². The average Bonchev–Trinajstić information content (AvgIpc) is 2.78. The van der Waals surface area contributed by atoms with Crippen LogP contribution in [0.25, 0.3) is 0 Å². The monoisotopic (exact) mass is 270 g/mol. The minimum atomic E-state index is 0.262. The molecule has 2 atom stereocenters. The van der Waals surface area contributed by atoms with Gasteiger partial charge in [-0.1, -0.05) is 28.1 Å². The number of ether oxygens (including phenoxy) is 2. The van der Waals surface area contributed by atoms with Gasteiger partial charge < -0.3 is 9.47 Å². The maximum absolute atomic E-state index is 5.88. The van der Waals surface area contributed by atoms with Crippen LogP contribution in [-0.4, -0.2) is 18.5 Å². The molecule has 1 fully saturated rings. The van der Waals surface area contributed by atoms with Crippen molar-refractivity contribution < 1.29 is 9.47 Å². The molecule has 0 N–H and O–H groups in total. The number of hydrogen-bond acceptors (Lipinski definition) is 2. The van der Waals surface area contributed by atoms with E-state index in [9.17, 15) is 0 Å². The minimum absolute atomic E-state index is 0.262. The highest BCUT2D eigenvalue weighted by atomic mass is 79.9. The first-order valence-electron chi connectivity index (χ1n) is 5.19. The molecule has 0 amide bonds. The third-order valence-corrected chi connectivity index (χ3v) is 3.49. The van der Waals surface area contributed by atoms with E-state index >= 15 is 0 Å². The molecule has 1 aliphatic rings. The normalized spacial score (nSPS) is 25.5. The standard InChI is InChI=1S/C12H15BrO2/c1-14-10-4-2-9(3-5-10)12-7-6-11(8-13)15-12/h2-5,11-12H,6-8H2,1H3. The lowest BCUT2D eigenvalue weighted by Crippen LogP contribution is -2.07. The van der Waals surface area contributed by atoms with Crippen LogP contribution in [0.5, 0.6) is 5.75 Å². The van der Waals surface area contributed by atoms with Gasteiger partial charge in [-0.15, -0.1) is 0 Å². The molecule has 0 aromatic heterocycles. The highest BCUT2D eigenvalue weighted by molar-refractivity contribution is 9.09. The SMILES string of the molecule is COc1ccc(C2CCC(CBr)O2)cc1. The summed E-state index contributed by atoms with van der Waals surface area (Å²) in [7, 11) is 1.68. The number of hydrogen-bond donors (Lipinski definition) is 0. The molecule has 1 aliphatic heterocycles. The average molecular weight is 271 g/mol. The van der Waals surface area contributed by atoms with E-state index in [1.54, 1.807) is 7.11 Å². The zero-order chi connectivity index (χ0) is 10.7. The Bertz CT molecular complexity index is 310. The zero-order valence-electron chi connectivity index (χ0n) is 8.78. The summed E-state index contributed by atoms with van der Waals surface area (Å²) in [6.07, 6.45) is 2.89. The summed E-state index contributed by atoms with van der Waals surface area (Å²) in [6, 6.07) is 8.14. The minimum Gasteiger partial charge on any atom is -0.497 e. The molecule has 0 aliphatic carbocycles. The Morgan fingerprint density at radius 3 is 2.60 bits per heavy atom. The van der Waals surface area contributed by atoms with E-state index in [0.29, 0.717) is 6.10 Å². The molecule has 0 spiro atoms. The number of alkyl halides is 1. The van der Waals surface area contributed by atoms with Crippen molar-refractivity contribution in [2.45, 2.75) is 25.0 Å². The summed E-state index contributed by atoms with van der Waals surface area (Å²) in [5, 5.41) is 0.930. The van der Waals surface area contributed by atoms with Gasteiger partial charge in [-0.3, -0.25) is 0 Å². The molecular weight excluding hydrogens is 256 g/mol. The van der Waals surface area contributed by atoms with Crippen LogP contribution >= 0.6 is 15.9 Å². The highest BCUT2D eigenvalue weighted by Crippen LogP contribution is 2.33. The van der Waals surface area contributed by atoms with E-state index < -0.39 is 0 Å². The summed E-state index contributed by atoms with van der Waals surface area (Å²) in [4.78, 5) is 0. The molecule has 1 aromatic rings. The predicted molar refractivity (Wildman–Crippen MR) is 63.6 cm³/mol. The molecule has 2 unspecified atom stereocenters. The molecule has 2 rings (SSSR count). The van der Waals surface area contributed by atoms with Crippen LogP contribution < -0.4 is 4.74 Å². The number of halogens is 1. The van der Waals surface area contributed by atoms with Gasteiger partial charge in [-0.2, -0.15) is 0 Å². The van der Waals surface area contributed by atoms with Gasteiger partial charge in [-0.05, 0) is 30.5 Å². The molecule has 0 saturated carbocycles. The molecule has 0 bridgehead atoms. The van der Waals surface area contributed by atoms with Gasteiger partial charge in [0.2, 0.25) is 0 Å². The van der Waals surface area contributed by atoms with Crippen LogP contribution in [0.4, 0.5) is 0 Å². The molecule has 1 heterocycles. The van der Waals surface area contributed by atoms with E-state index in [4.69, 9.17) is 9.47 Å². The van der Waals surface area contributed by atoms with Gasteiger partial charge in [0.25, 0.3) is 0 Å². The fourth-order valence-corrected chi connectivity index (χ4v) is 2.36. The smallest absolute Gasteiger partial charge is 0.118 e. The van der Waals surface area contributed by atoms with Gasteiger partial charge in [0.1, 0.15) is 5.75 Å². The van der Waals surface area contributed by atoms with Crippen LogP contribution in [0.3, 0.4) is 0 Å². The fourth-order valence-electron chi connectivity index (χ4n) is 1.88. The second kappa shape index (κ2) is 4.99. The van der Waals surface area contributed by atoms with Gasteiger partial charge in [0.15, 0.2) is 0 Å². The molecule has 2 nitrogen and oxygen atoms in total. The first-order valence-corrected chi connectivity index (χ1v) is 6.31. The van der Waals surface area contributed by atoms with Crippen molar-refractivity contribution in [1.82, 2.24) is 0 Å². The summed E-state index contributed by atoms with van der Waals surface area (Å²) >= 11 is 3.45. The van der Waals surface area contributed by atoms with Crippen LogP contribution in [-0.2, 0) is 4.74 Å². The van der Waals surface area contributed by atoms with Gasteiger partial charge in [-0.25, -0.2) is 0 Å². The van der Waals surface area contributed by atoms with Crippen molar-refractivity contribution >= 4 is 15.9 Å². The summed E-state index contributed by atoms with van der Waals surface area (Å²) < 4.78 is 11.0. The van der Waals surface area contributed by atoms with E-state index in [1.165, 1.54) is 5.56 Å². The summed E-state index contributed by atoms with van der Waals surface area (Å²) in [5.41, 5.74) is 1.25. The van der Waals surface area contributed by atoms with Crippen LogP contribution in [0.2, 0.25) is 0 Å². The maximum atomic E-state index is 5.88. The van der Waals surface area contributed by atoms with E-state index in [2.05, 4.69) is 28.1 Å². The maximum Gasteiger partial charge on any atom is 0.118 e. The molecule has 82 valence electrons. The lowest BCUT2D eigenvalue weighted by atomic mass is 10.1. The second-order valence-corrected chi connectivity index (χ2v) is 4.40. The van der Waals surface area contributed by atoms with Gasteiger partial charge in [0, 0.05) is 5.33 Å². The Morgan fingerprint density at radius 1 is 1.33 bits per heavy atom. The van der Waals surface area contributed by atoms with Crippen LogP contribution in [0.1, 0.15) is 24.5 Å². The topological polar surface area (TPSA) is 18.5 Å². The number of rotatable bonds is 3. The zero-order valence-corrected chi connectivity index (χ0v) is 10.4. The first-order chi connectivity index (χ1) is 7.33. The quantitative estimate of drug-likeness (QED) is 0.785. The van der Waals surface area contributed by atoms with E-state index in [1.807, 2.05) is 12.1 Å². The Kier molecular flexibility index (Phi) is 3.65. The Morgan fingerprint density at radius 2 is 2.07 bits per heavy atom. The second-order valence-electron chi connectivity index (χ2n) is 3.75. The molecule has 15 heavy (non-hydrogen) atoms. The van der Waals surface area contributed by atoms with Crippen molar-refractivity contribution in [2.24, 2.45) is 0 Å². The van der Waals surface area contributed by atoms with E-state index in [-0.39, 0.29) is 6.10 Å². The molecule has 1 aromatic carbocycles. The third kappa shape index (κ3) is 2.52. The van der Waals surface area contributed by atoms with Crippen molar-refractivity contribution in [2.75, 3.05) is 12.4 Å². The lowest BCUT2D eigenvalue weighted by molar-refractivity contribution is 0.0588. The Labute approximate surface area is 98.7 Å². The summed E-state index contributed by atoms with van der Waals surface area (Å²) in [5.74, 6) is 0.897. The number of methoxy groups -OCH3 is 1. The van der Waals surface area contributed by atoms with Gasteiger partial charge >= 0.3 is 0 Å². The Hall–Kier alpha value is -0.540. The third-order valence-electron chi connectivity index (χ3n) is 2.77. The van der Waals surface area contributed by atoms with Crippen molar-refractivity contribution in [1.29, 1.82) is 0 Å². The van der Waals surface area contributed by atoms with Crippen molar-refractivity contribution in [3.05, 3.63) is 29.8 Å². The van der Waals surface area contributed by atoms with E-state index in [0.717, 1.165) is 23.9 Å². The van der Waals surface area contributed by atoms with Crippen LogP contribution in [0, 0.1) is 0 Å². The largest absolute Gasteiger partial charge is 0.497 e. The predicted octanol–water partition coefficient (Wildman–Crippen LogP) is 3.31. The lowest BCUT2D eigenvalue weighted by Gasteiger charge is -2.12. The Balaban J connectivity index is 2.04. The molecule has 3 heteroatoms. The van der Waals surface area contributed by atoms with Gasteiger partial charge in [0.05, 0.1) is 19.3 Å². The van der Waals surface area contributed by atoms with Crippen molar-refractivity contribution in [3.8, 4) is 5.75 Å². The molecule has 0 radical (unpaired) electrons. The highest BCUT2D eigenvalue weighted by Gasteiger charge is 2.25. The molecular formula is C12H15BrO2.